The molecule has 0 bridgehead atoms. The van der Waals surface area contributed by atoms with Crippen molar-refractivity contribution in [2.24, 2.45) is 0 Å². The Morgan fingerprint density at radius 2 is 1.94 bits per heavy atom. The van der Waals surface area contributed by atoms with Crippen molar-refractivity contribution in [2.75, 3.05) is 32.1 Å². The maximum Gasteiger partial charge on any atom is 0.325 e. The highest BCUT2D eigenvalue weighted by molar-refractivity contribution is 5.97. The van der Waals surface area contributed by atoms with Crippen molar-refractivity contribution in [2.45, 2.75) is 18.8 Å². The van der Waals surface area contributed by atoms with Crippen molar-refractivity contribution in [3.8, 4) is 0 Å². The van der Waals surface area contributed by atoms with E-state index in [4.69, 9.17) is 4.98 Å². The number of aromatic nitrogens is 2. The van der Waals surface area contributed by atoms with Gasteiger partial charge in [-0.3, -0.25) is 9.59 Å². The second-order valence-corrected chi connectivity index (χ2v) is 7.69. The SMILES string of the molecule is COC(=O)CNC(=O)c1ccc(NC(=O)N2CCCC(c3nc4ccccc4[nH]3)C2)cc1. The minimum absolute atomic E-state index is 0.155. The number of nitrogens with zero attached hydrogens (tertiary/aromatic N) is 2. The van der Waals surface area contributed by atoms with Crippen LogP contribution in [0, 0.1) is 0 Å². The van der Waals surface area contributed by atoms with Crippen LogP contribution in [-0.4, -0.2) is 59.5 Å². The first-order valence-corrected chi connectivity index (χ1v) is 10.5. The standard InChI is InChI=1S/C23H25N5O4/c1-32-20(29)13-24-22(30)15-8-10-17(11-9-15)25-23(31)28-12-4-5-16(14-28)21-26-18-6-2-3-7-19(18)27-21/h2-3,6-11,16H,4-5,12-14H2,1H3,(H,24,30)(H,25,31)(H,26,27). The Morgan fingerprint density at radius 1 is 1.16 bits per heavy atom. The fourth-order valence-corrected chi connectivity index (χ4v) is 3.78. The number of para-hydroxylation sites is 2. The summed E-state index contributed by atoms with van der Waals surface area (Å²) in [5, 5.41) is 5.36. The molecule has 3 amide bonds. The third-order valence-electron chi connectivity index (χ3n) is 5.52. The van der Waals surface area contributed by atoms with E-state index in [0.29, 0.717) is 24.3 Å². The Kier molecular flexibility index (Phi) is 6.34. The van der Waals surface area contributed by atoms with Crippen molar-refractivity contribution in [3.05, 3.63) is 59.9 Å². The summed E-state index contributed by atoms with van der Waals surface area (Å²) < 4.78 is 4.50. The molecule has 2 heterocycles. The predicted octanol–water partition coefficient (Wildman–Crippen LogP) is 2.88. The lowest BCUT2D eigenvalue weighted by atomic mass is 9.97. The van der Waals surface area contributed by atoms with E-state index in [0.717, 1.165) is 29.7 Å². The molecule has 0 aliphatic carbocycles. The molecule has 4 rings (SSSR count). The lowest BCUT2D eigenvalue weighted by Crippen LogP contribution is -2.41. The van der Waals surface area contributed by atoms with Gasteiger partial charge in [0.2, 0.25) is 0 Å². The van der Waals surface area contributed by atoms with Gasteiger partial charge in [-0.1, -0.05) is 12.1 Å². The maximum absolute atomic E-state index is 12.8. The minimum Gasteiger partial charge on any atom is -0.468 e. The third kappa shape index (κ3) is 4.88. The van der Waals surface area contributed by atoms with Crippen molar-refractivity contribution >= 4 is 34.6 Å². The number of benzene rings is 2. The number of carbonyl (C=O) groups excluding carboxylic acids is 3. The third-order valence-corrected chi connectivity index (χ3v) is 5.52. The molecule has 1 fully saturated rings. The second kappa shape index (κ2) is 9.51. The smallest absolute Gasteiger partial charge is 0.325 e. The van der Waals surface area contributed by atoms with Crippen molar-refractivity contribution in [3.63, 3.8) is 0 Å². The zero-order chi connectivity index (χ0) is 22.5. The number of fused-ring (bicyclic) bond motifs is 1. The zero-order valence-corrected chi connectivity index (χ0v) is 17.8. The number of urea groups is 1. The Hall–Kier alpha value is -3.88. The Balaban J connectivity index is 1.35. The van der Waals surface area contributed by atoms with Crippen molar-refractivity contribution < 1.29 is 19.1 Å². The molecule has 1 aliphatic heterocycles. The van der Waals surface area contributed by atoms with Crippen LogP contribution in [0.15, 0.2) is 48.5 Å². The first kappa shape index (κ1) is 21.4. The monoisotopic (exact) mass is 435 g/mol. The number of aromatic amines is 1. The molecule has 1 saturated heterocycles. The first-order valence-electron chi connectivity index (χ1n) is 10.5. The number of amides is 3. The number of H-pyrrole nitrogens is 1. The summed E-state index contributed by atoms with van der Waals surface area (Å²) >= 11 is 0. The van der Waals surface area contributed by atoms with Crippen molar-refractivity contribution in [1.29, 1.82) is 0 Å². The molecule has 3 aromatic rings. The van der Waals surface area contributed by atoms with Gasteiger partial charge in [-0.15, -0.1) is 0 Å². The molecule has 1 unspecified atom stereocenters. The molecule has 0 spiro atoms. The molecule has 1 atom stereocenters. The van der Waals surface area contributed by atoms with Crippen LogP contribution in [-0.2, 0) is 9.53 Å². The first-order chi connectivity index (χ1) is 15.5. The van der Waals surface area contributed by atoms with E-state index in [1.54, 1.807) is 29.2 Å². The lowest BCUT2D eigenvalue weighted by Gasteiger charge is -2.31. The van der Waals surface area contributed by atoms with Crippen LogP contribution in [0.5, 0.6) is 0 Å². The molecule has 0 radical (unpaired) electrons. The number of esters is 1. The average molecular weight is 435 g/mol. The fraction of sp³-hybridized carbons (Fsp3) is 0.304. The molecule has 3 N–H and O–H groups in total. The summed E-state index contributed by atoms with van der Waals surface area (Å²) in [5.74, 6) is 0.150. The summed E-state index contributed by atoms with van der Waals surface area (Å²) in [5.41, 5.74) is 2.90. The number of rotatable bonds is 5. The van der Waals surface area contributed by atoms with E-state index in [-0.39, 0.29) is 18.5 Å². The highest BCUT2D eigenvalue weighted by atomic mass is 16.5. The summed E-state index contributed by atoms with van der Waals surface area (Å²) in [6.45, 7) is 1.06. The topological polar surface area (TPSA) is 116 Å². The lowest BCUT2D eigenvalue weighted by molar-refractivity contribution is -0.139. The van der Waals surface area contributed by atoms with E-state index in [1.807, 2.05) is 24.3 Å². The number of ether oxygens (including phenoxy) is 1. The number of nitrogens with one attached hydrogen (secondary N) is 3. The largest absolute Gasteiger partial charge is 0.468 e. The van der Waals surface area contributed by atoms with Gasteiger partial charge in [-0.2, -0.15) is 0 Å². The van der Waals surface area contributed by atoms with E-state index >= 15 is 0 Å². The van der Waals surface area contributed by atoms with Gasteiger partial charge in [0.1, 0.15) is 12.4 Å². The summed E-state index contributed by atoms with van der Waals surface area (Å²) in [6.07, 6.45) is 1.87. The Bertz CT molecular complexity index is 1090. The maximum atomic E-state index is 12.8. The van der Waals surface area contributed by atoms with Gasteiger partial charge in [0, 0.05) is 30.3 Å². The molecule has 2 aromatic carbocycles. The minimum atomic E-state index is -0.523. The molecule has 9 nitrogen and oxygen atoms in total. The van der Waals surface area contributed by atoms with Crippen LogP contribution in [0.3, 0.4) is 0 Å². The summed E-state index contributed by atoms with van der Waals surface area (Å²) in [6, 6.07) is 14.2. The fourth-order valence-electron chi connectivity index (χ4n) is 3.78. The van der Waals surface area contributed by atoms with Crippen molar-refractivity contribution in [1.82, 2.24) is 20.2 Å². The van der Waals surface area contributed by atoms with Crippen LogP contribution in [0.4, 0.5) is 10.5 Å². The van der Waals surface area contributed by atoms with Crippen LogP contribution < -0.4 is 10.6 Å². The van der Waals surface area contributed by atoms with Gasteiger partial charge in [-0.05, 0) is 49.2 Å². The van der Waals surface area contributed by atoms with Crippen LogP contribution in [0.1, 0.15) is 34.9 Å². The number of methoxy groups -OCH3 is 1. The highest BCUT2D eigenvalue weighted by Gasteiger charge is 2.27. The molecule has 1 aromatic heterocycles. The number of carbonyl (C=O) groups is 3. The number of imidazole rings is 1. The normalized spacial score (nSPS) is 15.9. The number of hydrogen-bond acceptors (Lipinski definition) is 5. The van der Waals surface area contributed by atoms with E-state index in [9.17, 15) is 14.4 Å². The molecular formula is C23H25N5O4. The van der Waals surface area contributed by atoms with E-state index in [1.165, 1.54) is 7.11 Å². The van der Waals surface area contributed by atoms with Gasteiger partial charge in [0.05, 0.1) is 18.1 Å². The summed E-state index contributed by atoms with van der Waals surface area (Å²) in [7, 11) is 1.26. The molecule has 166 valence electrons. The molecule has 1 aliphatic rings. The average Bonchev–Trinajstić information content (AvgIpc) is 3.27. The molecule has 0 saturated carbocycles. The Labute approximate surface area is 185 Å². The van der Waals surface area contributed by atoms with Crippen LogP contribution in [0.2, 0.25) is 0 Å². The van der Waals surface area contributed by atoms with E-state index < -0.39 is 11.9 Å². The van der Waals surface area contributed by atoms with Gasteiger partial charge < -0.3 is 25.3 Å². The van der Waals surface area contributed by atoms with Crippen LogP contribution in [0.25, 0.3) is 11.0 Å². The highest BCUT2D eigenvalue weighted by Crippen LogP contribution is 2.27. The summed E-state index contributed by atoms with van der Waals surface area (Å²) in [4.78, 5) is 45.9. The van der Waals surface area contributed by atoms with Gasteiger partial charge in [0.15, 0.2) is 0 Å². The number of hydrogen-bond donors (Lipinski definition) is 3. The number of piperidine rings is 1. The van der Waals surface area contributed by atoms with Gasteiger partial charge in [0.25, 0.3) is 5.91 Å². The molecule has 9 heteroatoms. The zero-order valence-electron chi connectivity index (χ0n) is 17.8. The number of likely N-dealkylation sites (tertiary alicyclic amines) is 1. The van der Waals surface area contributed by atoms with E-state index in [2.05, 4.69) is 20.4 Å². The predicted molar refractivity (Wildman–Crippen MR) is 119 cm³/mol. The van der Waals surface area contributed by atoms with Gasteiger partial charge in [-0.25, -0.2) is 9.78 Å². The second-order valence-electron chi connectivity index (χ2n) is 7.69. The molecule has 32 heavy (non-hydrogen) atoms. The number of anilines is 1. The quantitative estimate of drug-likeness (QED) is 0.533. The van der Waals surface area contributed by atoms with Crippen LogP contribution >= 0.6 is 0 Å². The molecular weight excluding hydrogens is 410 g/mol. The van der Waals surface area contributed by atoms with Gasteiger partial charge >= 0.3 is 12.0 Å². The Morgan fingerprint density at radius 3 is 2.69 bits per heavy atom.